The minimum atomic E-state index is -0.390. The summed E-state index contributed by atoms with van der Waals surface area (Å²) in [4.78, 5) is 10.2. The highest BCUT2D eigenvalue weighted by Crippen LogP contribution is 2.11. The molecule has 2 aromatic rings. The molecule has 2 rings (SSSR count). The van der Waals surface area contributed by atoms with E-state index >= 15 is 0 Å². The zero-order chi connectivity index (χ0) is 14.5. The SMILES string of the molecule is Cc1nnc(CNCCc2ccc([N+](=O)[O-])cc2)n1C. The van der Waals surface area contributed by atoms with Gasteiger partial charge in [0.25, 0.3) is 5.69 Å². The zero-order valence-corrected chi connectivity index (χ0v) is 11.5. The number of aromatic nitrogens is 3. The molecule has 0 aliphatic rings. The highest BCUT2D eigenvalue weighted by atomic mass is 16.6. The maximum Gasteiger partial charge on any atom is 0.269 e. The number of hydrogen-bond acceptors (Lipinski definition) is 5. The molecule has 20 heavy (non-hydrogen) atoms. The van der Waals surface area contributed by atoms with Gasteiger partial charge in [-0.3, -0.25) is 10.1 Å². The first kappa shape index (κ1) is 14.1. The second kappa shape index (κ2) is 6.25. The monoisotopic (exact) mass is 275 g/mol. The fourth-order valence-electron chi connectivity index (χ4n) is 1.82. The van der Waals surface area contributed by atoms with Crippen LogP contribution >= 0.6 is 0 Å². The van der Waals surface area contributed by atoms with Crippen molar-refractivity contribution in [3.63, 3.8) is 0 Å². The fraction of sp³-hybridized carbons (Fsp3) is 0.385. The molecule has 0 saturated heterocycles. The van der Waals surface area contributed by atoms with E-state index < -0.39 is 4.92 Å². The Morgan fingerprint density at radius 3 is 2.55 bits per heavy atom. The van der Waals surface area contributed by atoms with E-state index in [2.05, 4.69) is 15.5 Å². The number of rotatable bonds is 6. The van der Waals surface area contributed by atoms with Gasteiger partial charge in [-0.05, 0) is 25.5 Å². The van der Waals surface area contributed by atoms with Crippen molar-refractivity contribution in [2.45, 2.75) is 19.9 Å². The van der Waals surface area contributed by atoms with Crippen LogP contribution in [0.2, 0.25) is 0 Å². The summed E-state index contributed by atoms with van der Waals surface area (Å²) in [7, 11) is 1.93. The summed E-state index contributed by atoms with van der Waals surface area (Å²) >= 11 is 0. The zero-order valence-electron chi connectivity index (χ0n) is 11.5. The molecule has 1 heterocycles. The maximum atomic E-state index is 10.5. The normalized spacial score (nSPS) is 10.7. The van der Waals surface area contributed by atoms with Crippen LogP contribution in [0.3, 0.4) is 0 Å². The number of hydrogen-bond donors (Lipinski definition) is 1. The Balaban J connectivity index is 1.78. The van der Waals surface area contributed by atoms with Gasteiger partial charge in [-0.15, -0.1) is 10.2 Å². The van der Waals surface area contributed by atoms with Gasteiger partial charge in [0, 0.05) is 19.2 Å². The van der Waals surface area contributed by atoms with Crippen molar-refractivity contribution in [1.29, 1.82) is 0 Å². The predicted octanol–water partition coefficient (Wildman–Crippen LogP) is 1.36. The summed E-state index contributed by atoms with van der Waals surface area (Å²) < 4.78 is 1.94. The van der Waals surface area contributed by atoms with Gasteiger partial charge in [0.05, 0.1) is 11.5 Å². The standard InChI is InChI=1S/C13H17N5O2/c1-10-15-16-13(17(10)2)9-14-8-7-11-3-5-12(6-4-11)18(19)20/h3-6,14H,7-9H2,1-2H3. The quantitative estimate of drug-likeness (QED) is 0.489. The molecule has 0 spiro atoms. The Morgan fingerprint density at radius 1 is 1.30 bits per heavy atom. The van der Waals surface area contributed by atoms with Crippen molar-refractivity contribution in [3.05, 3.63) is 51.6 Å². The summed E-state index contributed by atoms with van der Waals surface area (Å²) in [6, 6.07) is 6.63. The highest BCUT2D eigenvalue weighted by molar-refractivity contribution is 5.32. The van der Waals surface area contributed by atoms with Crippen molar-refractivity contribution in [1.82, 2.24) is 20.1 Å². The smallest absolute Gasteiger partial charge is 0.269 e. The van der Waals surface area contributed by atoms with Gasteiger partial charge in [-0.25, -0.2) is 0 Å². The molecule has 0 fully saturated rings. The van der Waals surface area contributed by atoms with E-state index in [-0.39, 0.29) is 5.69 Å². The molecule has 0 amide bonds. The molecule has 0 unspecified atom stereocenters. The van der Waals surface area contributed by atoms with Crippen LogP contribution in [0.4, 0.5) is 5.69 Å². The predicted molar refractivity (Wildman–Crippen MR) is 74.2 cm³/mol. The van der Waals surface area contributed by atoms with Gasteiger partial charge >= 0.3 is 0 Å². The molecule has 0 radical (unpaired) electrons. The van der Waals surface area contributed by atoms with E-state index in [9.17, 15) is 10.1 Å². The Kier molecular flexibility index (Phi) is 4.41. The number of nitro groups is 1. The Morgan fingerprint density at radius 2 is 2.00 bits per heavy atom. The first-order chi connectivity index (χ1) is 9.58. The van der Waals surface area contributed by atoms with E-state index in [1.165, 1.54) is 12.1 Å². The number of nitrogens with one attached hydrogen (secondary N) is 1. The Hall–Kier alpha value is -2.28. The molecule has 0 aliphatic carbocycles. The molecule has 1 aromatic carbocycles. The summed E-state index contributed by atoms with van der Waals surface area (Å²) in [5.74, 6) is 1.78. The van der Waals surface area contributed by atoms with Gasteiger partial charge in [-0.2, -0.15) is 0 Å². The van der Waals surface area contributed by atoms with Gasteiger partial charge in [0.1, 0.15) is 11.6 Å². The third-order valence-electron chi connectivity index (χ3n) is 3.20. The number of nitro benzene ring substituents is 1. The van der Waals surface area contributed by atoms with Crippen LogP contribution in [-0.4, -0.2) is 26.2 Å². The van der Waals surface area contributed by atoms with Crippen LogP contribution in [0, 0.1) is 17.0 Å². The number of benzene rings is 1. The third kappa shape index (κ3) is 3.39. The average molecular weight is 275 g/mol. The largest absolute Gasteiger partial charge is 0.317 e. The lowest BCUT2D eigenvalue weighted by atomic mass is 10.1. The van der Waals surface area contributed by atoms with E-state index in [1.807, 2.05) is 18.5 Å². The van der Waals surface area contributed by atoms with Crippen LogP contribution in [0.25, 0.3) is 0 Å². The summed E-state index contributed by atoms with van der Waals surface area (Å²) in [6.07, 6.45) is 0.814. The van der Waals surface area contributed by atoms with Crippen LogP contribution in [-0.2, 0) is 20.0 Å². The van der Waals surface area contributed by atoms with E-state index in [1.54, 1.807) is 12.1 Å². The van der Waals surface area contributed by atoms with Gasteiger partial charge < -0.3 is 9.88 Å². The van der Waals surface area contributed by atoms with Gasteiger partial charge in [-0.1, -0.05) is 12.1 Å². The van der Waals surface area contributed by atoms with Gasteiger partial charge in [0.2, 0.25) is 0 Å². The minimum Gasteiger partial charge on any atom is -0.317 e. The average Bonchev–Trinajstić information content (AvgIpc) is 2.76. The lowest BCUT2D eigenvalue weighted by Gasteiger charge is -2.05. The van der Waals surface area contributed by atoms with Gasteiger partial charge in [0.15, 0.2) is 0 Å². The van der Waals surface area contributed by atoms with Crippen LogP contribution in [0.1, 0.15) is 17.2 Å². The number of aryl methyl sites for hydroxylation is 1. The number of nitrogens with zero attached hydrogens (tertiary/aromatic N) is 4. The Bertz CT molecular complexity index is 591. The third-order valence-corrected chi connectivity index (χ3v) is 3.20. The molecule has 7 heteroatoms. The van der Waals surface area contributed by atoms with Crippen molar-refractivity contribution in [2.75, 3.05) is 6.54 Å². The Labute approximate surface area is 116 Å². The summed E-state index contributed by atoms with van der Waals surface area (Å²) in [5.41, 5.74) is 1.19. The molecule has 0 aliphatic heterocycles. The van der Waals surface area contributed by atoms with Crippen molar-refractivity contribution < 1.29 is 4.92 Å². The first-order valence-corrected chi connectivity index (χ1v) is 6.37. The minimum absolute atomic E-state index is 0.122. The lowest BCUT2D eigenvalue weighted by Crippen LogP contribution is -2.19. The lowest BCUT2D eigenvalue weighted by molar-refractivity contribution is -0.384. The molecule has 0 saturated carbocycles. The van der Waals surface area contributed by atoms with Crippen LogP contribution in [0.5, 0.6) is 0 Å². The number of non-ortho nitro benzene ring substituents is 1. The topological polar surface area (TPSA) is 85.9 Å². The first-order valence-electron chi connectivity index (χ1n) is 6.37. The van der Waals surface area contributed by atoms with Crippen LogP contribution < -0.4 is 5.32 Å². The molecular formula is C13H17N5O2. The molecule has 0 bridgehead atoms. The van der Waals surface area contributed by atoms with Crippen molar-refractivity contribution >= 4 is 5.69 Å². The van der Waals surface area contributed by atoms with E-state index in [4.69, 9.17) is 0 Å². The van der Waals surface area contributed by atoms with E-state index in [0.29, 0.717) is 6.54 Å². The second-order valence-corrected chi connectivity index (χ2v) is 4.57. The summed E-state index contributed by atoms with van der Waals surface area (Å²) in [5, 5.41) is 21.9. The van der Waals surface area contributed by atoms with Crippen molar-refractivity contribution in [2.24, 2.45) is 7.05 Å². The molecule has 0 atom stereocenters. The second-order valence-electron chi connectivity index (χ2n) is 4.57. The molecule has 7 nitrogen and oxygen atoms in total. The molecular weight excluding hydrogens is 258 g/mol. The molecule has 1 aromatic heterocycles. The maximum absolute atomic E-state index is 10.5. The fourth-order valence-corrected chi connectivity index (χ4v) is 1.82. The highest BCUT2D eigenvalue weighted by Gasteiger charge is 2.05. The molecule has 106 valence electrons. The van der Waals surface area contributed by atoms with Crippen LogP contribution in [0.15, 0.2) is 24.3 Å². The van der Waals surface area contributed by atoms with Crippen molar-refractivity contribution in [3.8, 4) is 0 Å². The van der Waals surface area contributed by atoms with E-state index in [0.717, 1.165) is 30.2 Å². The summed E-state index contributed by atoms with van der Waals surface area (Å²) in [6.45, 7) is 3.35. The molecule has 1 N–H and O–H groups in total.